The van der Waals surface area contributed by atoms with Gasteiger partial charge in [0.1, 0.15) is 11.7 Å². The fourth-order valence-electron chi connectivity index (χ4n) is 4.40. The molecule has 0 spiro atoms. The van der Waals surface area contributed by atoms with E-state index in [1.54, 1.807) is 0 Å². The first-order valence-electron chi connectivity index (χ1n) is 10.6. The molecule has 0 saturated carbocycles. The zero-order chi connectivity index (χ0) is 21.4. The third-order valence-corrected chi connectivity index (χ3v) is 5.56. The summed E-state index contributed by atoms with van der Waals surface area (Å²) in [5.41, 5.74) is 3.60. The number of hydrogen-bond donors (Lipinski definition) is 1. The van der Waals surface area contributed by atoms with Crippen LogP contribution < -0.4 is 0 Å². The minimum atomic E-state index is -0.848. The van der Waals surface area contributed by atoms with E-state index in [9.17, 15) is 4.79 Å². The number of aliphatic carboxylic acids is 1. The molecule has 0 aliphatic carbocycles. The minimum absolute atomic E-state index is 0.0107. The van der Waals surface area contributed by atoms with Crippen LogP contribution in [-0.2, 0) is 21.0 Å². The Kier molecular flexibility index (Phi) is 8.66. The number of benzene rings is 1. The van der Waals surface area contributed by atoms with Crippen LogP contribution in [-0.4, -0.2) is 22.8 Å². The predicted molar refractivity (Wildman–Crippen MR) is 116 cm³/mol. The summed E-state index contributed by atoms with van der Waals surface area (Å²) in [6.45, 7) is 10.7. The van der Waals surface area contributed by atoms with Crippen LogP contribution >= 0.6 is 0 Å². The van der Waals surface area contributed by atoms with Gasteiger partial charge >= 0.3 is 5.97 Å². The van der Waals surface area contributed by atoms with Crippen LogP contribution in [0.1, 0.15) is 65.9 Å². The highest BCUT2D eigenvalue weighted by Crippen LogP contribution is 2.37. The molecule has 1 heterocycles. The van der Waals surface area contributed by atoms with Gasteiger partial charge in [0, 0.05) is 0 Å². The Morgan fingerprint density at radius 2 is 2.00 bits per heavy atom. The molecule has 1 fully saturated rings. The number of carbonyl (C=O) groups is 1. The maximum absolute atomic E-state index is 10.9. The summed E-state index contributed by atoms with van der Waals surface area (Å²) >= 11 is 0. The van der Waals surface area contributed by atoms with E-state index >= 15 is 0 Å². The van der Waals surface area contributed by atoms with Crippen LogP contribution in [0.25, 0.3) is 0 Å². The molecular formula is C25H36O4. The standard InChI is InChI=1S/C25H36O4/c1-18(11-12-22-9-7-6-8-10-22)13-19(2)14-20(3)16-25(5)17-21(4)23(28-29-25)15-24(26)27/h6-11,13,20-21,23H,12,14-17H2,1-5H3,(H,26,27)/b18-11+,19-13+/t20?,21-,23+,25?/m0/s1. The van der Waals surface area contributed by atoms with Gasteiger partial charge in [0.05, 0.1) is 6.42 Å². The van der Waals surface area contributed by atoms with Crippen molar-refractivity contribution in [3.8, 4) is 0 Å². The lowest BCUT2D eigenvalue weighted by Crippen LogP contribution is -2.44. The third kappa shape index (κ3) is 8.15. The van der Waals surface area contributed by atoms with Gasteiger partial charge in [0.15, 0.2) is 0 Å². The van der Waals surface area contributed by atoms with Crippen molar-refractivity contribution >= 4 is 5.97 Å². The smallest absolute Gasteiger partial charge is 0.306 e. The van der Waals surface area contributed by atoms with Crippen LogP contribution in [0.4, 0.5) is 0 Å². The zero-order valence-electron chi connectivity index (χ0n) is 18.5. The summed E-state index contributed by atoms with van der Waals surface area (Å²) in [6.07, 6.45) is 7.81. The molecule has 4 nitrogen and oxygen atoms in total. The van der Waals surface area contributed by atoms with E-state index in [1.807, 2.05) is 13.0 Å². The van der Waals surface area contributed by atoms with Crippen LogP contribution in [0, 0.1) is 11.8 Å². The van der Waals surface area contributed by atoms with Gasteiger partial charge in [0.2, 0.25) is 0 Å². The summed E-state index contributed by atoms with van der Waals surface area (Å²) in [5.74, 6) is -0.235. The van der Waals surface area contributed by atoms with Crippen molar-refractivity contribution in [3.63, 3.8) is 0 Å². The molecule has 2 unspecified atom stereocenters. The van der Waals surface area contributed by atoms with E-state index in [2.05, 4.69) is 64.1 Å². The summed E-state index contributed by atoms with van der Waals surface area (Å²) in [4.78, 5) is 22.1. The molecule has 0 radical (unpaired) electrons. The summed E-state index contributed by atoms with van der Waals surface area (Å²) < 4.78 is 0. The fourth-order valence-corrected chi connectivity index (χ4v) is 4.40. The van der Waals surface area contributed by atoms with Crippen molar-refractivity contribution in [1.82, 2.24) is 0 Å². The lowest BCUT2D eigenvalue weighted by molar-refractivity contribution is -0.418. The Morgan fingerprint density at radius 1 is 1.31 bits per heavy atom. The van der Waals surface area contributed by atoms with E-state index in [0.29, 0.717) is 5.92 Å². The van der Waals surface area contributed by atoms with Gasteiger partial charge < -0.3 is 5.11 Å². The molecule has 4 heteroatoms. The molecule has 1 aromatic rings. The van der Waals surface area contributed by atoms with Crippen molar-refractivity contribution in [1.29, 1.82) is 0 Å². The Hall–Kier alpha value is -1.91. The summed E-state index contributed by atoms with van der Waals surface area (Å²) in [7, 11) is 0. The van der Waals surface area contributed by atoms with Crippen molar-refractivity contribution in [3.05, 3.63) is 59.2 Å². The maximum Gasteiger partial charge on any atom is 0.306 e. The maximum atomic E-state index is 10.9. The van der Waals surface area contributed by atoms with Gasteiger partial charge in [-0.05, 0) is 63.9 Å². The molecule has 29 heavy (non-hydrogen) atoms. The topological polar surface area (TPSA) is 55.8 Å². The van der Waals surface area contributed by atoms with Crippen molar-refractivity contribution in [2.75, 3.05) is 0 Å². The molecule has 2 rings (SSSR count). The third-order valence-electron chi connectivity index (χ3n) is 5.56. The SMILES string of the molecule is CC(=C\Cc1ccccc1)/C=C(\C)CC(C)CC1(C)C[C@H](C)[C@@H](CC(=O)O)OO1. The summed E-state index contributed by atoms with van der Waals surface area (Å²) in [5, 5.41) is 8.99. The van der Waals surface area contributed by atoms with Crippen molar-refractivity contribution in [2.45, 2.75) is 78.4 Å². The molecule has 1 aliphatic rings. The van der Waals surface area contributed by atoms with Gasteiger partial charge in [-0.2, -0.15) is 0 Å². The number of carboxylic acid groups (broad SMARTS) is 1. The number of hydrogen-bond acceptors (Lipinski definition) is 3. The first-order chi connectivity index (χ1) is 13.7. The second kappa shape index (κ2) is 10.7. The molecule has 4 atom stereocenters. The molecule has 0 bridgehead atoms. The van der Waals surface area contributed by atoms with Gasteiger partial charge in [-0.1, -0.05) is 67.5 Å². The Balaban J connectivity index is 1.85. The van der Waals surface area contributed by atoms with Crippen LogP contribution in [0.2, 0.25) is 0 Å². The normalized spacial score (nSPS) is 26.9. The molecule has 0 amide bonds. The van der Waals surface area contributed by atoms with Crippen LogP contribution in [0.5, 0.6) is 0 Å². The van der Waals surface area contributed by atoms with E-state index in [0.717, 1.165) is 25.7 Å². The Morgan fingerprint density at radius 3 is 2.62 bits per heavy atom. The van der Waals surface area contributed by atoms with Gasteiger partial charge in [0.25, 0.3) is 0 Å². The largest absolute Gasteiger partial charge is 0.481 e. The zero-order valence-corrected chi connectivity index (χ0v) is 18.5. The second-order valence-corrected chi connectivity index (χ2v) is 9.09. The van der Waals surface area contributed by atoms with E-state index in [4.69, 9.17) is 14.9 Å². The molecule has 0 aromatic heterocycles. The minimum Gasteiger partial charge on any atom is -0.481 e. The fraction of sp³-hybridized carbons (Fsp3) is 0.560. The average Bonchev–Trinajstić information content (AvgIpc) is 2.62. The second-order valence-electron chi connectivity index (χ2n) is 9.09. The van der Waals surface area contributed by atoms with Gasteiger partial charge in [-0.3, -0.25) is 4.79 Å². The highest BCUT2D eigenvalue weighted by Gasteiger charge is 2.40. The lowest BCUT2D eigenvalue weighted by atomic mass is 9.80. The first-order valence-corrected chi connectivity index (χ1v) is 10.6. The van der Waals surface area contributed by atoms with Crippen LogP contribution in [0.15, 0.2) is 53.6 Å². The van der Waals surface area contributed by atoms with Crippen LogP contribution in [0.3, 0.4) is 0 Å². The monoisotopic (exact) mass is 400 g/mol. The Bertz CT molecular complexity index is 722. The molecular weight excluding hydrogens is 364 g/mol. The first kappa shape index (κ1) is 23.4. The number of carboxylic acids is 1. The predicted octanol–water partition coefficient (Wildman–Crippen LogP) is 6.13. The van der Waals surface area contributed by atoms with Crippen molar-refractivity contribution < 1.29 is 19.7 Å². The molecule has 1 aromatic carbocycles. The van der Waals surface area contributed by atoms with E-state index in [-0.39, 0.29) is 24.0 Å². The summed E-state index contributed by atoms with van der Waals surface area (Å²) in [6, 6.07) is 10.5. The quantitative estimate of drug-likeness (QED) is 0.400. The highest BCUT2D eigenvalue weighted by atomic mass is 17.2. The van der Waals surface area contributed by atoms with Gasteiger partial charge in [-0.25, -0.2) is 9.78 Å². The average molecular weight is 401 g/mol. The lowest BCUT2D eigenvalue weighted by Gasteiger charge is -2.41. The van der Waals surface area contributed by atoms with Gasteiger partial charge in [-0.15, -0.1) is 0 Å². The molecule has 1 N–H and O–H groups in total. The molecule has 160 valence electrons. The number of allylic oxidation sites excluding steroid dienone is 4. The molecule has 1 saturated heterocycles. The number of rotatable bonds is 9. The van der Waals surface area contributed by atoms with E-state index in [1.165, 1.54) is 16.7 Å². The Labute approximate surface area is 175 Å². The van der Waals surface area contributed by atoms with Crippen molar-refractivity contribution in [2.24, 2.45) is 11.8 Å². The molecule has 1 aliphatic heterocycles. The van der Waals surface area contributed by atoms with E-state index < -0.39 is 5.97 Å². The highest BCUT2D eigenvalue weighted by molar-refractivity contribution is 5.67.